The summed E-state index contributed by atoms with van der Waals surface area (Å²) in [7, 11) is 0. The highest BCUT2D eigenvalue weighted by Crippen LogP contribution is 2.08. The first-order chi connectivity index (χ1) is 7.38. The molecule has 74 valence electrons. The monoisotopic (exact) mass is 199 g/mol. The topological polar surface area (TPSA) is 61.9 Å². The Morgan fingerprint density at radius 2 is 2.40 bits per heavy atom. The lowest BCUT2D eigenvalue weighted by atomic mass is 10.3. The summed E-state index contributed by atoms with van der Waals surface area (Å²) < 4.78 is 4.94. The summed E-state index contributed by atoms with van der Waals surface area (Å²) >= 11 is 0. The van der Waals surface area contributed by atoms with E-state index in [-0.39, 0.29) is 0 Å². The van der Waals surface area contributed by atoms with E-state index in [0.29, 0.717) is 17.9 Å². The van der Waals surface area contributed by atoms with Crippen LogP contribution in [-0.4, -0.2) is 4.98 Å². The van der Waals surface area contributed by atoms with E-state index in [4.69, 9.17) is 9.68 Å². The molecular formula is C11H9N3O. The maximum atomic E-state index is 8.69. The fraction of sp³-hybridized carbons (Fsp3) is 0.0909. The van der Waals surface area contributed by atoms with Crippen LogP contribution in [0.2, 0.25) is 0 Å². The molecule has 15 heavy (non-hydrogen) atoms. The van der Waals surface area contributed by atoms with Crippen LogP contribution in [0.1, 0.15) is 11.1 Å². The zero-order chi connectivity index (χ0) is 10.5. The molecule has 1 N–H and O–H groups in total. The molecule has 0 spiro atoms. The van der Waals surface area contributed by atoms with E-state index in [9.17, 15) is 0 Å². The second kappa shape index (κ2) is 4.29. The molecule has 0 unspecified atom stereocenters. The van der Waals surface area contributed by atoms with Crippen molar-refractivity contribution in [3.63, 3.8) is 0 Å². The maximum Gasteiger partial charge on any atom is 0.127 e. The molecule has 2 aromatic heterocycles. The first-order valence-corrected chi connectivity index (χ1v) is 4.49. The number of hydrogen-bond acceptors (Lipinski definition) is 4. The number of aromatic nitrogens is 1. The van der Waals surface area contributed by atoms with Gasteiger partial charge in [-0.15, -0.1) is 0 Å². The SMILES string of the molecule is N#Cc1ccnc(NCc2ccoc2)c1. The van der Waals surface area contributed by atoms with Crippen molar-refractivity contribution in [3.05, 3.63) is 48.0 Å². The fourth-order valence-electron chi connectivity index (χ4n) is 1.18. The highest BCUT2D eigenvalue weighted by molar-refractivity contribution is 5.42. The van der Waals surface area contributed by atoms with Crippen molar-refractivity contribution in [1.82, 2.24) is 4.98 Å². The van der Waals surface area contributed by atoms with Crippen LogP contribution in [0.4, 0.5) is 5.82 Å². The average Bonchev–Trinajstić information content (AvgIpc) is 2.79. The maximum absolute atomic E-state index is 8.69. The third-order valence-electron chi connectivity index (χ3n) is 1.94. The van der Waals surface area contributed by atoms with Gasteiger partial charge in [-0.3, -0.25) is 0 Å². The van der Waals surface area contributed by atoms with E-state index >= 15 is 0 Å². The normalized spacial score (nSPS) is 9.53. The first-order valence-electron chi connectivity index (χ1n) is 4.49. The van der Waals surface area contributed by atoms with Gasteiger partial charge >= 0.3 is 0 Å². The molecule has 0 aliphatic rings. The zero-order valence-corrected chi connectivity index (χ0v) is 7.97. The van der Waals surface area contributed by atoms with E-state index in [2.05, 4.69) is 16.4 Å². The van der Waals surface area contributed by atoms with Crippen LogP contribution in [0.15, 0.2) is 41.3 Å². The van der Waals surface area contributed by atoms with Crippen molar-refractivity contribution in [2.24, 2.45) is 0 Å². The number of pyridine rings is 1. The summed E-state index contributed by atoms with van der Waals surface area (Å²) in [6.45, 7) is 0.637. The molecule has 2 rings (SSSR count). The minimum atomic E-state index is 0.597. The van der Waals surface area contributed by atoms with E-state index in [0.717, 1.165) is 5.56 Å². The summed E-state index contributed by atoms with van der Waals surface area (Å²) in [4.78, 5) is 4.09. The van der Waals surface area contributed by atoms with Gasteiger partial charge in [-0.25, -0.2) is 4.98 Å². The van der Waals surface area contributed by atoms with Gasteiger partial charge in [-0.2, -0.15) is 5.26 Å². The third kappa shape index (κ3) is 2.35. The van der Waals surface area contributed by atoms with Crippen LogP contribution in [-0.2, 0) is 6.54 Å². The molecule has 0 aromatic carbocycles. The summed E-state index contributed by atoms with van der Waals surface area (Å²) in [5.41, 5.74) is 1.64. The lowest BCUT2D eigenvalue weighted by molar-refractivity contribution is 0.564. The third-order valence-corrected chi connectivity index (χ3v) is 1.94. The second-order valence-corrected chi connectivity index (χ2v) is 3.03. The van der Waals surface area contributed by atoms with E-state index in [1.54, 1.807) is 30.9 Å². The minimum absolute atomic E-state index is 0.597. The van der Waals surface area contributed by atoms with Crippen LogP contribution < -0.4 is 5.32 Å². The molecule has 0 saturated carbocycles. The van der Waals surface area contributed by atoms with Gasteiger partial charge in [0.15, 0.2) is 0 Å². The fourth-order valence-corrected chi connectivity index (χ4v) is 1.18. The number of hydrogen-bond donors (Lipinski definition) is 1. The zero-order valence-electron chi connectivity index (χ0n) is 7.97. The van der Waals surface area contributed by atoms with Crippen molar-refractivity contribution in [1.29, 1.82) is 5.26 Å². The largest absolute Gasteiger partial charge is 0.472 e. The quantitative estimate of drug-likeness (QED) is 0.822. The molecule has 0 aliphatic heterocycles. The van der Waals surface area contributed by atoms with Gasteiger partial charge < -0.3 is 9.73 Å². The van der Waals surface area contributed by atoms with E-state index in [1.807, 2.05) is 6.07 Å². The summed E-state index contributed by atoms with van der Waals surface area (Å²) in [5, 5.41) is 11.8. The number of nitriles is 1. The molecule has 2 aromatic rings. The van der Waals surface area contributed by atoms with Crippen LogP contribution in [0.5, 0.6) is 0 Å². The Morgan fingerprint density at radius 3 is 3.13 bits per heavy atom. The minimum Gasteiger partial charge on any atom is -0.472 e. The molecule has 0 bridgehead atoms. The predicted molar refractivity (Wildman–Crippen MR) is 55.0 cm³/mol. The van der Waals surface area contributed by atoms with Gasteiger partial charge in [0.1, 0.15) is 5.82 Å². The van der Waals surface area contributed by atoms with Gasteiger partial charge in [0.25, 0.3) is 0 Å². The van der Waals surface area contributed by atoms with Crippen molar-refractivity contribution >= 4 is 5.82 Å². The number of nitrogens with zero attached hydrogens (tertiary/aromatic N) is 2. The van der Waals surface area contributed by atoms with Crippen LogP contribution in [0.3, 0.4) is 0 Å². The van der Waals surface area contributed by atoms with Gasteiger partial charge in [-0.1, -0.05) is 0 Å². The number of nitrogens with one attached hydrogen (secondary N) is 1. The summed E-state index contributed by atoms with van der Waals surface area (Å²) in [5.74, 6) is 0.690. The Hall–Kier alpha value is -2.28. The number of anilines is 1. The lowest BCUT2D eigenvalue weighted by Gasteiger charge is -2.02. The van der Waals surface area contributed by atoms with Crippen LogP contribution in [0.25, 0.3) is 0 Å². The Labute approximate surface area is 87.2 Å². The number of rotatable bonds is 3. The van der Waals surface area contributed by atoms with Crippen molar-refractivity contribution in [2.75, 3.05) is 5.32 Å². The second-order valence-electron chi connectivity index (χ2n) is 3.03. The molecule has 0 saturated heterocycles. The Bertz CT molecular complexity index is 471. The summed E-state index contributed by atoms with van der Waals surface area (Å²) in [6.07, 6.45) is 4.90. The molecule has 0 aliphatic carbocycles. The molecule has 2 heterocycles. The highest BCUT2D eigenvalue weighted by Gasteiger charge is 1.97. The standard InChI is InChI=1S/C11H9N3O/c12-6-9-1-3-13-11(5-9)14-7-10-2-4-15-8-10/h1-5,8H,7H2,(H,13,14). The van der Waals surface area contributed by atoms with Gasteiger partial charge in [-0.05, 0) is 18.2 Å². The average molecular weight is 199 g/mol. The molecule has 0 amide bonds. The van der Waals surface area contributed by atoms with Crippen LogP contribution >= 0.6 is 0 Å². The molecule has 0 radical (unpaired) electrons. The van der Waals surface area contributed by atoms with Gasteiger partial charge in [0, 0.05) is 18.3 Å². The molecule has 4 nitrogen and oxygen atoms in total. The van der Waals surface area contributed by atoms with Crippen molar-refractivity contribution in [3.8, 4) is 6.07 Å². The Kier molecular flexibility index (Phi) is 2.65. The van der Waals surface area contributed by atoms with Crippen molar-refractivity contribution in [2.45, 2.75) is 6.54 Å². The summed E-state index contributed by atoms with van der Waals surface area (Å²) in [6, 6.07) is 7.32. The van der Waals surface area contributed by atoms with E-state index in [1.165, 1.54) is 0 Å². The lowest BCUT2D eigenvalue weighted by Crippen LogP contribution is -2.00. The molecular weight excluding hydrogens is 190 g/mol. The molecule has 0 fully saturated rings. The molecule has 0 atom stereocenters. The smallest absolute Gasteiger partial charge is 0.127 e. The van der Waals surface area contributed by atoms with Gasteiger partial charge in [0.2, 0.25) is 0 Å². The Balaban J connectivity index is 2.02. The number of furan rings is 1. The predicted octanol–water partition coefficient (Wildman–Crippen LogP) is 2.16. The van der Waals surface area contributed by atoms with E-state index < -0.39 is 0 Å². The Morgan fingerprint density at radius 1 is 1.47 bits per heavy atom. The highest BCUT2D eigenvalue weighted by atomic mass is 16.3. The first kappa shape index (κ1) is 9.28. The van der Waals surface area contributed by atoms with Gasteiger partial charge in [0.05, 0.1) is 24.2 Å². The van der Waals surface area contributed by atoms with Crippen molar-refractivity contribution < 1.29 is 4.42 Å². The van der Waals surface area contributed by atoms with Crippen LogP contribution in [0, 0.1) is 11.3 Å². The molecule has 4 heteroatoms.